The first-order valence-corrected chi connectivity index (χ1v) is 11.4. The molecule has 2 aliphatic rings. The van der Waals surface area contributed by atoms with Crippen molar-refractivity contribution in [1.29, 1.82) is 0 Å². The van der Waals surface area contributed by atoms with Crippen molar-refractivity contribution in [3.05, 3.63) is 28.2 Å². The Morgan fingerprint density at radius 1 is 1.32 bits per heavy atom. The highest BCUT2D eigenvalue weighted by molar-refractivity contribution is 7.89. The molecule has 28 heavy (non-hydrogen) atoms. The first-order chi connectivity index (χ1) is 13.5. The van der Waals surface area contributed by atoms with Crippen molar-refractivity contribution in [2.75, 3.05) is 31.0 Å². The van der Waals surface area contributed by atoms with E-state index < -0.39 is 10.0 Å². The van der Waals surface area contributed by atoms with E-state index in [0.29, 0.717) is 35.3 Å². The number of hydrogen-bond donors (Lipinski definition) is 1. The molecule has 1 atom stereocenters. The van der Waals surface area contributed by atoms with Crippen LogP contribution >= 0.6 is 11.3 Å². The molecular weight excluding hydrogens is 404 g/mol. The highest BCUT2D eigenvalue weighted by atomic mass is 32.2. The minimum Gasteiger partial charge on any atom is -0.454 e. The predicted octanol–water partition coefficient (Wildman–Crippen LogP) is 2.05. The largest absolute Gasteiger partial charge is 0.454 e. The molecule has 1 aromatic heterocycles. The number of anilines is 1. The van der Waals surface area contributed by atoms with Crippen LogP contribution in [0.25, 0.3) is 0 Å². The molecule has 1 unspecified atom stereocenters. The summed E-state index contributed by atoms with van der Waals surface area (Å²) in [5.74, 6) is 0.894. The molecule has 0 spiro atoms. The van der Waals surface area contributed by atoms with E-state index in [0.717, 1.165) is 12.8 Å². The number of nitrogens with zero attached hydrogens (tertiary/aromatic N) is 3. The number of ether oxygens (including phenoxy) is 2. The third-order valence-electron chi connectivity index (χ3n) is 4.76. The molecule has 150 valence electrons. The van der Waals surface area contributed by atoms with Crippen LogP contribution in [-0.4, -0.2) is 54.5 Å². The molecule has 4 rings (SSSR count). The second-order valence-electron chi connectivity index (χ2n) is 6.57. The molecule has 1 N–H and O–H groups in total. The van der Waals surface area contributed by atoms with Crippen molar-refractivity contribution in [3.8, 4) is 11.5 Å². The minimum atomic E-state index is -3.23. The molecule has 1 aromatic carbocycles. The number of fused-ring (bicyclic) bond motifs is 1. The van der Waals surface area contributed by atoms with Crippen molar-refractivity contribution in [3.63, 3.8) is 0 Å². The third kappa shape index (κ3) is 3.82. The first kappa shape index (κ1) is 19.1. The summed E-state index contributed by atoms with van der Waals surface area (Å²) in [6.45, 7) is 2.72. The fourth-order valence-corrected chi connectivity index (χ4v) is 5.27. The maximum Gasteiger partial charge on any atom is 0.286 e. The molecular formula is C17H20N4O5S2. The fourth-order valence-electron chi connectivity index (χ4n) is 3.23. The molecule has 0 saturated carbocycles. The second-order valence-corrected chi connectivity index (χ2v) is 9.83. The second kappa shape index (κ2) is 7.64. The molecule has 0 bridgehead atoms. The topological polar surface area (TPSA) is 111 Å². The zero-order chi connectivity index (χ0) is 19.7. The van der Waals surface area contributed by atoms with Gasteiger partial charge in [0.2, 0.25) is 21.8 Å². The van der Waals surface area contributed by atoms with Crippen LogP contribution in [0.1, 0.15) is 40.5 Å². The maximum atomic E-state index is 12.5. The van der Waals surface area contributed by atoms with Crippen LogP contribution in [0.3, 0.4) is 0 Å². The Balaban J connectivity index is 1.44. The average molecular weight is 425 g/mol. The van der Waals surface area contributed by atoms with Crippen LogP contribution in [-0.2, 0) is 10.0 Å². The number of nitrogens with one attached hydrogen (secondary N) is 1. The standard InChI is InChI=1S/C17H20N4O5S2/c1-2-28(23,24)21-7-3-4-11(9-21)16-19-20-17(27-16)15(22)18-12-5-6-13-14(8-12)26-10-25-13/h5-6,8,11H,2-4,7,9-10H2,1H3,(H,18,22). The predicted molar refractivity (Wildman–Crippen MR) is 103 cm³/mol. The van der Waals surface area contributed by atoms with Crippen molar-refractivity contribution in [2.24, 2.45) is 0 Å². The van der Waals surface area contributed by atoms with Gasteiger partial charge in [0.25, 0.3) is 5.91 Å². The van der Waals surface area contributed by atoms with E-state index in [-0.39, 0.29) is 29.4 Å². The average Bonchev–Trinajstić information content (AvgIpc) is 3.37. The van der Waals surface area contributed by atoms with Crippen molar-refractivity contribution in [2.45, 2.75) is 25.7 Å². The summed E-state index contributed by atoms with van der Waals surface area (Å²) in [6, 6.07) is 5.15. The zero-order valence-corrected chi connectivity index (χ0v) is 16.9. The van der Waals surface area contributed by atoms with Gasteiger partial charge in [-0.05, 0) is 31.9 Å². The Hall–Kier alpha value is -2.24. The van der Waals surface area contributed by atoms with Gasteiger partial charge in [0.15, 0.2) is 11.5 Å². The number of rotatable bonds is 5. The van der Waals surface area contributed by atoms with Gasteiger partial charge < -0.3 is 14.8 Å². The number of carbonyl (C=O) groups excluding carboxylic acids is 1. The number of benzene rings is 1. The van der Waals surface area contributed by atoms with Gasteiger partial charge in [0.1, 0.15) is 5.01 Å². The summed E-state index contributed by atoms with van der Waals surface area (Å²) in [5, 5.41) is 11.8. The summed E-state index contributed by atoms with van der Waals surface area (Å²) < 4.78 is 36.3. The molecule has 0 aliphatic carbocycles. The van der Waals surface area contributed by atoms with Crippen LogP contribution in [0, 0.1) is 0 Å². The highest BCUT2D eigenvalue weighted by Crippen LogP contribution is 2.35. The lowest BCUT2D eigenvalue weighted by Gasteiger charge is -2.30. The fraction of sp³-hybridized carbons (Fsp3) is 0.471. The normalized spacial score (nSPS) is 19.5. The first-order valence-electron chi connectivity index (χ1n) is 8.98. The summed E-state index contributed by atoms with van der Waals surface area (Å²) in [5.41, 5.74) is 0.573. The highest BCUT2D eigenvalue weighted by Gasteiger charge is 2.31. The smallest absolute Gasteiger partial charge is 0.286 e. The molecule has 0 radical (unpaired) electrons. The van der Waals surface area contributed by atoms with E-state index in [1.165, 1.54) is 15.6 Å². The molecule has 11 heteroatoms. The van der Waals surface area contributed by atoms with Gasteiger partial charge in [0, 0.05) is 30.8 Å². The molecule has 1 fully saturated rings. The Morgan fingerprint density at radius 3 is 2.96 bits per heavy atom. The molecule has 1 amide bonds. The van der Waals surface area contributed by atoms with E-state index in [2.05, 4.69) is 15.5 Å². The lowest BCUT2D eigenvalue weighted by Crippen LogP contribution is -2.39. The monoisotopic (exact) mass is 424 g/mol. The summed E-state index contributed by atoms with van der Waals surface area (Å²) >= 11 is 1.20. The Labute approximate surface area is 166 Å². The quantitative estimate of drug-likeness (QED) is 0.782. The van der Waals surface area contributed by atoms with Gasteiger partial charge >= 0.3 is 0 Å². The summed E-state index contributed by atoms with van der Waals surface area (Å²) in [7, 11) is -3.23. The molecule has 2 aliphatic heterocycles. The van der Waals surface area contributed by atoms with Gasteiger partial charge in [-0.3, -0.25) is 4.79 Å². The van der Waals surface area contributed by atoms with Crippen LogP contribution in [0.5, 0.6) is 11.5 Å². The Bertz CT molecular complexity index is 991. The SMILES string of the molecule is CCS(=O)(=O)N1CCCC(c2nnc(C(=O)Nc3ccc4c(c3)OCO4)s2)C1. The van der Waals surface area contributed by atoms with E-state index >= 15 is 0 Å². The molecule has 1 saturated heterocycles. The molecule has 3 heterocycles. The molecule has 2 aromatic rings. The van der Waals surface area contributed by atoms with Gasteiger partial charge in [-0.25, -0.2) is 12.7 Å². The van der Waals surface area contributed by atoms with Crippen LogP contribution in [0.2, 0.25) is 0 Å². The van der Waals surface area contributed by atoms with Gasteiger partial charge in [-0.15, -0.1) is 10.2 Å². The van der Waals surface area contributed by atoms with Crippen molar-refractivity contribution in [1.82, 2.24) is 14.5 Å². The lowest BCUT2D eigenvalue weighted by molar-refractivity contribution is 0.102. The van der Waals surface area contributed by atoms with E-state index in [9.17, 15) is 13.2 Å². The number of piperidine rings is 1. The number of carbonyl (C=O) groups is 1. The zero-order valence-electron chi connectivity index (χ0n) is 15.3. The van der Waals surface area contributed by atoms with Crippen LogP contribution < -0.4 is 14.8 Å². The number of hydrogen-bond acceptors (Lipinski definition) is 8. The van der Waals surface area contributed by atoms with Gasteiger partial charge in [-0.2, -0.15) is 0 Å². The number of amides is 1. The van der Waals surface area contributed by atoms with E-state index in [1.807, 2.05) is 0 Å². The van der Waals surface area contributed by atoms with E-state index in [4.69, 9.17) is 9.47 Å². The van der Waals surface area contributed by atoms with E-state index in [1.54, 1.807) is 25.1 Å². The maximum absolute atomic E-state index is 12.5. The Kier molecular flexibility index (Phi) is 5.21. The number of aromatic nitrogens is 2. The van der Waals surface area contributed by atoms with Crippen molar-refractivity contribution < 1.29 is 22.7 Å². The van der Waals surface area contributed by atoms with Crippen LogP contribution in [0.4, 0.5) is 5.69 Å². The van der Waals surface area contributed by atoms with Crippen LogP contribution in [0.15, 0.2) is 18.2 Å². The van der Waals surface area contributed by atoms with Gasteiger partial charge in [-0.1, -0.05) is 11.3 Å². The summed E-state index contributed by atoms with van der Waals surface area (Å²) in [6.07, 6.45) is 1.59. The van der Waals surface area contributed by atoms with Gasteiger partial charge in [0.05, 0.1) is 5.75 Å². The minimum absolute atomic E-state index is 0.0420. The third-order valence-corrected chi connectivity index (χ3v) is 7.69. The van der Waals surface area contributed by atoms with Crippen molar-refractivity contribution >= 4 is 33.0 Å². The lowest BCUT2D eigenvalue weighted by atomic mass is 10.0. The number of sulfonamides is 1. The Morgan fingerprint density at radius 2 is 2.14 bits per heavy atom. The summed E-state index contributed by atoms with van der Waals surface area (Å²) in [4.78, 5) is 12.5. The molecule has 9 nitrogen and oxygen atoms in total.